The van der Waals surface area contributed by atoms with Crippen LogP contribution in [-0.2, 0) is 4.79 Å². The Kier molecular flexibility index (Phi) is 7.89. The maximum atomic E-state index is 12.1. The number of benzene rings is 1. The van der Waals surface area contributed by atoms with Crippen LogP contribution in [0.5, 0.6) is 5.75 Å². The van der Waals surface area contributed by atoms with Crippen LogP contribution >= 0.6 is 27.5 Å². The minimum Gasteiger partial charge on any atom is -0.492 e. The molecule has 1 aliphatic rings. The van der Waals surface area contributed by atoms with Crippen LogP contribution in [0.4, 0.5) is 0 Å². The van der Waals surface area contributed by atoms with Crippen molar-refractivity contribution >= 4 is 33.4 Å². The number of aryl methyl sites for hydroxylation is 1. The Hall–Kier alpha value is -0.740. The van der Waals surface area contributed by atoms with E-state index in [-0.39, 0.29) is 5.91 Å². The van der Waals surface area contributed by atoms with E-state index in [4.69, 9.17) is 16.3 Å². The molecule has 0 atom stereocenters. The Morgan fingerprint density at radius 1 is 1.29 bits per heavy atom. The van der Waals surface area contributed by atoms with Crippen molar-refractivity contribution in [3.05, 3.63) is 26.7 Å². The molecule has 134 valence electrons. The first-order chi connectivity index (χ1) is 11.5. The smallest absolute Gasteiger partial charge is 0.220 e. The maximum absolute atomic E-state index is 12.1. The average Bonchev–Trinajstić information content (AvgIpc) is 2.82. The highest BCUT2D eigenvalue weighted by Gasteiger charge is 2.15. The van der Waals surface area contributed by atoms with Crippen molar-refractivity contribution in [1.29, 1.82) is 0 Å². The molecular weight excluding hydrogens is 390 g/mol. The Balaban J connectivity index is 1.73. The lowest BCUT2D eigenvalue weighted by Gasteiger charge is -2.16. The van der Waals surface area contributed by atoms with Gasteiger partial charge in [-0.3, -0.25) is 4.79 Å². The van der Waals surface area contributed by atoms with Crippen molar-refractivity contribution in [2.24, 2.45) is 0 Å². The number of rotatable bonds is 6. The average molecular weight is 417 g/mol. The SMILES string of the molecule is Cc1cc(OCCCC(=O)NC2CCCCCC2)c(Br)c(C)c1Cl. The molecular formula is C19H27BrClNO2. The molecule has 0 radical (unpaired) electrons. The monoisotopic (exact) mass is 415 g/mol. The predicted octanol–water partition coefficient (Wildman–Crippen LogP) is 5.72. The lowest BCUT2D eigenvalue weighted by atomic mass is 10.1. The van der Waals surface area contributed by atoms with Gasteiger partial charge in [0.05, 0.1) is 11.1 Å². The largest absolute Gasteiger partial charge is 0.492 e. The van der Waals surface area contributed by atoms with Crippen molar-refractivity contribution in [2.75, 3.05) is 6.61 Å². The molecule has 0 heterocycles. The molecule has 1 aliphatic carbocycles. The third-order valence-electron chi connectivity index (χ3n) is 4.59. The summed E-state index contributed by atoms with van der Waals surface area (Å²) in [7, 11) is 0. The van der Waals surface area contributed by atoms with E-state index < -0.39 is 0 Å². The van der Waals surface area contributed by atoms with Crippen LogP contribution in [0.2, 0.25) is 5.02 Å². The predicted molar refractivity (Wildman–Crippen MR) is 103 cm³/mol. The minimum atomic E-state index is 0.146. The molecule has 1 fully saturated rings. The molecule has 0 unspecified atom stereocenters. The zero-order valence-corrected chi connectivity index (χ0v) is 16.9. The second-order valence-electron chi connectivity index (χ2n) is 6.65. The minimum absolute atomic E-state index is 0.146. The Morgan fingerprint density at radius 3 is 2.62 bits per heavy atom. The number of halogens is 2. The molecule has 1 saturated carbocycles. The van der Waals surface area contributed by atoms with Crippen LogP contribution in [0.25, 0.3) is 0 Å². The van der Waals surface area contributed by atoms with Gasteiger partial charge in [0.2, 0.25) is 5.91 Å². The summed E-state index contributed by atoms with van der Waals surface area (Å²) in [6.45, 7) is 4.46. The van der Waals surface area contributed by atoms with Gasteiger partial charge in [0.25, 0.3) is 0 Å². The summed E-state index contributed by atoms with van der Waals surface area (Å²) in [6.07, 6.45) is 8.54. The Labute approximate surface area is 158 Å². The van der Waals surface area contributed by atoms with Crippen LogP contribution in [-0.4, -0.2) is 18.6 Å². The molecule has 0 spiro atoms. The second-order valence-corrected chi connectivity index (χ2v) is 7.82. The van der Waals surface area contributed by atoms with E-state index in [0.717, 1.165) is 39.2 Å². The summed E-state index contributed by atoms with van der Waals surface area (Å²) in [5.74, 6) is 0.937. The van der Waals surface area contributed by atoms with Gasteiger partial charge in [0.15, 0.2) is 0 Å². The first-order valence-corrected chi connectivity index (χ1v) is 10.0. The van der Waals surface area contributed by atoms with Crippen LogP contribution in [0.15, 0.2) is 10.5 Å². The summed E-state index contributed by atoms with van der Waals surface area (Å²) in [5.41, 5.74) is 1.98. The highest BCUT2D eigenvalue weighted by Crippen LogP contribution is 2.35. The van der Waals surface area contributed by atoms with Crippen LogP contribution in [0, 0.1) is 13.8 Å². The fraction of sp³-hybridized carbons (Fsp3) is 0.632. The van der Waals surface area contributed by atoms with Gasteiger partial charge in [-0.05, 0) is 66.2 Å². The molecule has 24 heavy (non-hydrogen) atoms. The van der Waals surface area contributed by atoms with E-state index in [0.29, 0.717) is 25.5 Å². The normalized spacial score (nSPS) is 15.8. The standard InChI is InChI=1S/C19H27BrClNO2/c1-13-12-16(18(20)14(2)19(13)21)24-11-7-10-17(23)22-15-8-5-3-4-6-9-15/h12,15H,3-11H2,1-2H3,(H,22,23). The number of ether oxygens (including phenoxy) is 1. The fourth-order valence-electron chi connectivity index (χ4n) is 3.14. The van der Waals surface area contributed by atoms with Crippen molar-refractivity contribution < 1.29 is 9.53 Å². The molecule has 1 amide bonds. The summed E-state index contributed by atoms with van der Waals surface area (Å²) in [4.78, 5) is 12.1. The van der Waals surface area contributed by atoms with E-state index in [9.17, 15) is 4.79 Å². The topological polar surface area (TPSA) is 38.3 Å². The fourth-order valence-corrected chi connectivity index (χ4v) is 3.83. The van der Waals surface area contributed by atoms with Gasteiger partial charge in [0.1, 0.15) is 5.75 Å². The van der Waals surface area contributed by atoms with E-state index >= 15 is 0 Å². The van der Waals surface area contributed by atoms with E-state index in [2.05, 4.69) is 21.2 Å². The molecule has 0 bridgehead atoms. The van der Waals surface area contributed by atoms with E-state index in [1.807, 2.05) is 19.9 Å². The number of hydrogen-bond donors (Lipinski definition) is 1. The van der Waals surface area contributed by atoms with Gasteiger partial charge in [-0.2, -0.15) is 0 Å². The maximum Gasteiger partial charge on any atom is 0.220 e. The molecule has 3 nitrogen and oxygen atoms in total. The zero-order valence-electron chi connectivity index (χ0n) is 14.6. The molecule has 1 aromatic carbocycles. The molecule has 1 N–H and O–H groups in total. The van der Waals surface area contributed by atoms with Gasteiger partial charge in [-0.15, -0.1) is 0 Å². The number of amides is 1. The van der Waals surface area contributed by atoms with Crippen molar-refractivity contribution in [3.63, 3.8) is 0 Å². The number of nitrogens with one attached hydrogen (secondary N) is 1. The quantitative estimate of drug-likeness (QED) is 0.476. The van der Waals surface area contributed by atoms with Gasteiger partial charge in [-0.1, -0.05) is 37.3 Å². The number of carbonyl (C=O) groups excluding carboxylic acids is 1. The van der Waals surface area contributed by atoms with Crippen LogP contribution in [0.1, 0.15) is 62.5 Å². The summed E-state index contributed by atoms with van der Waals surface area (Å²) in [5, 5.41) is 3.93. The van der Waals surface area contributed by atoms with Crippen LogP contribution in [0.3, 0.4) is 0 Å². The van der Waals surface area contributed by atoms with Crippen molar-refractivity contribution in [1.82, 2.24) is 5.32 Å². The molecule has 5 heteroatoms. The number of carbonyl (C=O) groups is 1. The molecule has 1 aromatic rings. The highest BCUT2D eigenvalue weighted by atomic mass is 79.9. The molecule has 2 rings (SSSR count). The third kappa shape index (κ3) is 5.66. The zero-order chi connectivity index (χ0) is 17.5. The van der Waals surface area contributed by atoms with E-state index in [1.165, 1.54) is 25.7 Å². The van der Waals surface area contributed by atoms with Gasteiger partial charge < -0.3 is 10.1 Å². The highest BCUT2D eigenvalue weighted by molar-refractivity contribution is 9.10. The third-order valence-corrected chi connectivity index (χ3v) is 6.16. The van der Waals surface area contributed by atoms with Crippen LogP contribution < -0.4 is 10.1 Å². The summed E-state index contributed by atoms with van der Waals surface area (Å²) >= 11 is 9.75. The van der Waals surface area contributed by atoms with Gasteiger partial charge in [-0.25, -0.2) is 0 Å². The first kappa shape index (κ1) is 19.6. The first-order valence-electron chi connectivity index (χ1n) is 8.86. The lowest BCUT2D eigenvalue weighted by Crippen LogP contribution is -2.34. The summed E-state index contributed by atoms with van der Waals surface area (Å²) in [6, 6.07) is 2.31. The number of hydrogen-bond acceptors (Lipinski definition) is 2. The molecule has 0 aliphatic heterocycles. The summed E-state index contributed by atoms with van der Waals surface area (Å²) < 4.78 is 6.72. The lowest BCUT2D eigenvalue weighted by molar-refractivity contribution is -0.122. The molecule has 0 aromatic heterocycles. The Morgan fingerprint density at radius 2 is 1.96 bits per heavy atom. The second kappa shape index (κ2) is 9.67. The molecule has 0 saturated heterocycles. The van der Waals surface area contributed by atoms with Gasteiger partial charge in [0, 0.05) is 17.5 Å². The van der Waals surface area contributed by atoms with Crippen molar-refractivity contribution in [2.45, 2.75) is 71.3 Å². The van der Waals surface area contributed by atoms with E-state index in [1.54, 1.807) is 0 Å². The Bertz CT molecular complexity index is 569. The van der Waals surface area contributed by atoms with Crippen molar-refractivity contribution in [3.8, 4) is 5.75 Å². The van der Waals surface area contributed by atoms with Gasteiger partial charge >= 0.3 is 0 Å².